The highest BCUT2D eigenvalue weighted by Crippen LogP contribution is 2.34. The van der Waals surface area contributed by atoms with E-state index in [0.717, 1.165) is 33.1 Å². The van der Waals surface area contributed by atoms with Crippen molar-refractivity contribution >= 4 is 28.2 Å². The van der Waals surface area contributed by atoms with Crippen molar-refractivity contribution in [2.75, 3.05) is 0 Å². The zero-order valence-corrected chi connectivity index (χ0v) is 16.7. The largest absolute Gasteiger partial charge is 0.388 e. The van der Waals surface area contributed by atoms with E-state index in [1.165, 1.54) is 6.33 Å². The number of aliphatic hydroxyl groups is 2. The zero-order valence-electron chi connectivity index (χ0n) is 16.7. The van der Waals surface area contributed by atoms with Crippen LogP contribution in [0.3, 0.4) is 0 Å². The molecule has 5 heterocycles. The molecular formula is C23H21N5O3. The Balaban J connectivity index is 1.20. The number of ether oxygens (including phenoxy) is 1. The Kier molecular flexibility index (Phi) is 4.31. The summed E-state index contributed by atoms with van der Waals surface area (Å²) >= 11 is 0. The normalized spacial score (nSPS) is 25.0. The highest BCUT2D eigenvalue weighted by Gasteiger charge is 2.43. The van der Waals surface area contributed by atoms with E-state index in [9.17, 15) is 10.2 Å². The van der Waals surface area contributed by atoms with Gasteiger partial charge in [0.2, 0.25) is 0 Å². The lowest BCUT2D eigenvalue weighted by molar-refractivity contribution is -0.0364. The summed E-state index contributed by atoms with van der Waals surface area (Å²) in [5, 5.41) is 23.2. The summed E-state index contributed by atoms with van der Waals surface area (Å²) in [7, 11) is 0. The Morgan fingerprint density at radius 2 is 2.03 bits per heavy atom. The van der Waals surface area contributed by atoms with Crippen molar-refractivity contribution in [2.24, 2.45) is 4.99 Å². The number of hydrogen-bond acceptors (Lipinski definition) is 7. The van der Waals surface area contributed by atoms with Crippen LogP contribution in [0.5, 0.6) is 0 Å². The fourth-order valence-corrected chi connectivity index (χ4v) is 4.50. The summed E-state index contributed by atoms with van der Waals surface area (Å²) in [6.07, 6.45) is 4.98. The lowest BCUT2D eigenvalue weighted by atomic mass is 10.0. The molecule has 6 rings (SSSR count). The first-order valence-electron chi connectivity index (χ1n) is 10.4. The lowest BCUT2D eigenvalue weighted by Crippen LogP contribution is -2.31. The van der Waals surface area contributed by atoms with E-state index in [2.05, 4.69) is 39.2 Å². The summed E-state index contributed by atoms with van der Waals surface area (Å²) in [6.45, 7) is 0.635. The van der Waals surface area contributed by atoms with Gasteiger partial charge in [-0.15, -0.1) is 0 Å². The molecule has 3 aromatic heterocycles. The number of rotatable bonds is 4. The molecule has 2 N–H and O–H groups in total. The molecule has 0 bridgehead atoms. The molecule has 1 fully saturated rings. The number of aryl methyl sites for hydroxylation is 1. The van der Waals surface area contributed by atoms with Crippen LogP contribution in [0, 0.1) is 0 Å². The molecule has 0 aliphatic carbocycles. The third kappa shape index (κ3) is 3.11. The van der Waals surface area contributed by atoms with Gasteiger partial charge >= 0.3 is 0 Å². The van der Waals surface area contributed by atoms with Crippen LogP contribution in [0.1, 0.15) is 29.5 Å². The molecule has 0 unspecified atom stereocenters. The van der Waals surface area contributed by atoms with Crippen LogP contribution >= 0.6 is 0 Å². The van der Waals surface area contributed by atoms with Gasteiger partial charge in [0.15, 0.2) is 6.23 Å². The summed E-state index contributed by atoms with van der Waals surface area (Å²) in [6, 6.07) is 10.2. The summed E-state index contributed by atoms with van der Waals surface area (Å²) in [5.74, 6) is 0. The fourth-order valence-electron chi connectivity index (χ4n) is 4.50. The third-order valence-electron chi connectivity index (χ3n) is 6.17. The molecule has 1 aromatic carbocycles. The van der Waals surface area contributed by atoms with Crippen molar-refractivity contribution in [3.63, 3.8) is 0 Å². The molecule has 2 aliphatic rings. The van der Waals surface area contributed by atoms with E-state index in [0.29, 0.717) is 25.0 Å². The van der Waals surface area contributed by atoms with Gasteiger partial charge in [0.05, 0.1) is 23.9 Å². The average molecular weight is 415 g/mol. The second kappa shape index (κ2) is 7.19. The molecule has 0 spiro atoms. The van der Waals surface area contributed by atoms with Gasteiger partial charge < -0.3 is 19.5 Å². The Labute approximate surface area is 177 Å². The SMILES string of the molecule is O[C@@H]1[C@H](O)[C@@H](CCc2ccc3cc4c(nc3c2)CN=C4)O[C@H]1n1ccc2cncnc21. The van der Waals surface area contributed by atoms with Gasteiger partial charge in [-0.1, -0.05) is 12.1 Å². The second-order valence-corrected chi connectivity index (χ2v) is 8.13. The van der Waals surface area contributed by atoms with Crippen LogP contribution in [-0.4, -0.2) is 54.3 Å². The summed E-state index contributed by atoms with van der Waals surface area (Å²) in [5.41, 5.74) is 4.83. The molecular weight excluding hydrogens is 394 g/mol. The fraction of sp³-hybridized carbons (Fsp3) is 0.304. The zero-order chi connectivity index (χ0) is 20.9. The van der Waals surface area contributed by atoms with Crippen molar-refractivity contribution in [3.8, 4) is 0 Å². The molecule has 0 radical (unpaired) electrons. The molecule has 31 heavy (non-hydrogen) atoms. The molecule has 8 heteroatoms. The van der Waals surface area contributed by atoms with Crippen LogP contribution < -0.4 is 0 Å². The highest BCUT2D eigenvalue weighted by molar-refractivity contribution is 5.91. The van der Waals surface area contributed by atoms with Crippen molar-refractivity contribution in [1.82, 2.24) is 19.5 Å². The number of aromatic nitrogens is 4. The Hall–Kier alpha value is -3.20. The molecule has 156 valence electrons. The van der Waals surface area contributed by atoms with Crippen molar-refractivity contribution in [3.05, 3.63) is 65.9 Å². The number of pyridine rings is 1. The van der Waals surface area contributed by atoms with E-state index in [1.807, 2.05) is 12.3 Å². The van der Waals surface area contributed by atoms with Gasteiger partial charge in [-0.25, -0.2) is 9.97 Å². The number of fused-ring (bicyclic) bond motifs is 3. The maximum Gasteiger partial charge on any atom is 0.164 e. The molecule has 0 amide bonds. The molecule has 4 atom stereocenters. The topological polar surface area (TPSA) is 106 Å². The Morgan fingerprint density at radius 3 is 2.97 bits per heavy atom. The summed E-state index contributed by atoms with van der Waals surface area (Å²) < 4.78 is 7.84. The highest BCUT2D eigenvalue weighted by atomic mass is 16.6. The van der Waals surface area contributed by atoms with Crippen LogP contribution in [0.4, 0.5) is 0 Å². The molecule has 0 saturated carbocycles. The average Bonchev–Trinajstić information content (AvgIpc) is 3.49. The maximum atomic E-state index is 10.6. The van der Waals surface area contributed by atoms with Gasteiger partial charge in [0, 0.05) is 34.9 Å². The number of nitrogens with zero attached hydrogens (tertiary/aromatic N) is 5. The molecule has 1 saturated heterocycles. The predicted molar refractivity (Wildman–Crippen MR) is 115 cm³/mol. The number of aliphatic hydroxyl groups excluding tert-OH is 2. The quantitative estimate of drug-likeness (QED) is 0.529. The van der Waals surface area contributed by atoms with Crippen molar-refractivity contribution < 1.29 is 14.9 Å². The molecule has 2 aliphatic heterocycles. The van der Waals surface area contributed by atoms with Crippen LogP contribution in [0.15, 0.2) is 54.0 Å². The maximum absolute atomic E-state index is 10.6. The van der Waals surface area contributed by atoms with Crippen LogP contribution in [0.2, 0.25) is 0 Å². The van der Waals surface area contributed by atoms with Crippen molar-refractivity contribution in [2.45, 2.75) is 43.9 Å². The number of benzene rings is 1. The van der Waals surface area contributed by atoms with Gasteiger partial charge in [-0.3, -0.25) is 9.98 Å². The minimum atomic E-state index is -1.03. The summed E-state index contributed by atoms with van der Waals surface area (Å²) in [4.78, 5) is 17.3. The van der Waals surface area contributed by atoms with Crippen LogP contribution in [-0.2, 0) is 17.7 Å². The monoisotopic (exact) mass is 415 g/mol. The van der Waals surface area contributed by atoms with E-state index in [4.69, 9.17) is 9.72 Å². The first-order chi connectivity index (χ1) is 15.2. The van der Waals surface area contributed by atoms with Gasteiger partial charge in [0.25, 0.3) is 0 Å². The minimum Gasteiger partial charge on any atom is -0.388 e. The molecule has 4 aromatic rings. The van der Waals surface area contributed by atoms with Gasteiger partial charge in [-0.05, 0) is 36.6 Å². The van der Waals surface area contributed by atoms with Gasteiger partial charge in [-0.2, -0.15) is 0 Å². The van der Waals surface area contributed by atoms with E-state index >= 15 is 0 Å². The van der Waals surface area contributed by atoms with Gasteiger partial charge in [0.1, 0.15) is 24.2 Å². The standard InChI is InChI=1S/C23H21N5O3/c29-20-19(31-23(21(20)30)28-6-5-15-9-25-12-26-22(15)28)4-2-13-1-3-14-8-16-10-24-11-18(16)27-17(14)7-13/h1,3,5-10,12,19-21,23,29-30H,2,4,11H2/t19-,20-,21-,23-/m1/s1. The lowest BCUT2D eigenvalue weighted by Gasteiger charge is -2.17. The van der Waals surface area contributed by atoms with E-state index < -0.39 is 24.5 Å². The first-order valence-corrected chi connectivity index (χ1v) is 10.4. The third-order valence-corrected chi connectivity index (χ3v) is 6.17. The Bertz CT molecular complexity index is 1320. The molecule has 8 nitrogen and oxygen atoms in total. The smallest absolute Gasteiger partial charge is 0.164 e. The Morgan fingerprint density at radius 1 is 1.10 bits per heavy atom. The predicted octanol–water partition coefficient (Wildman–Crippen LogP) is 2.16. The van der Waals surface area contributed by atoms with E-state index in [-0.39, 0.29) is 0 Å². The second-order valence-electron chi connectivity index (χ2n) is 8.13. The minimum absolute atomic E-state index is 0.476. The number of hydrogen-bond donors (Lipinski definition) is 2. The van der Waals surface area contributed by atoms with E-state index in [1.54, 1.807) is 17.0 Å². The van der Waals surface area contributed by atoms with Crippen LogP contribution in [0.25, 0.3) is 21.9 Å². The van der Waals surface area contributed by atoms with Crippen molar-refractivity contribution in [1.29, 1.82) is 0 Å². The number of aliphatic imine (C=N–C) groups is 1. The first kappa shape index (κ1) is 18.6.